The molecule has 0 unspecified atom stereocenters. The molecule has 1 aromatic rings. The Morgan fingerprint density at radius 1 is 1.59 bits per heavy atom. The third-order valence-electron chi connectivity index (χ3n) is 3.25. The summed E-state index contributed by atoms with van der Waals surface area (Å²) in [7, 11) is 0. The van der Waals surface area contributed by atoms with Gasteiger partial charge in [0.25, 0.3) is 5.91 Å². The van der Waals surface area contributed by atoms with Gasteiger partial charge in [-0.2, -0.15) is 0 Å². The molecule has 2 rings (SSSR count). The molecule has 1 atom stereocenters. The Hall–Kier alpha value is -1.29. The third kappa shape index (κ3) is 2.09. The number of rotatable bonds is 1. The van der Waals surface area contributed by atoms with E-state index < -0.39 is 0 Å². The topological polar surface area (TPSA) is 53.2 Å². The third-order valence-corrected chi connectivity index (χ3v) is 3.71. The summed E-state index contributed by atoms with van der Waals surface area (Å²) in [4.78, 5) is 28.7. The van der Waals surface area contributed by atoms with Gasteiger partial charge in [0.2, 0.25) is 5.43 Å². The fraction of sp³-hybridized carbons (Fsp3) is 0.500. The first kappa shape index (κ1) is 12.2. The summed E-state index contributed by atoms with van der Waals surface area (Å²) in [6.07, 6.45) is 3.44. The number of hydrogen-bond donors (Lipinski definition) is 1. The molecular weight excluding hydrogens is 240 g/mol. The lowest BCUT2D eigenvalue weighted by Gasteiger charge is -2.21. The highest BCUT2D eigenvalue weighted by molar-refractivity contribution is 6.31. The monoisotopic (exact) mass is 254 g/mol. The summed E-state index contributed by atoms with van der Waals surface area (Å²) < 4.78 is 0. The highest BCUT2D eigenvalue weighted by atomic mass is 35.5. The molecule has 92 valence electrons. The predicted octanol–water partition coefficient (Wildman–Crippen LogP) is 1.96. The van der Waals surface area contributed by atoms with Gasteiger partial charge in [-0.3, -0.25) is 9.59 Å². The molecule has 1 N–H and O–H groups in total. The maximum Gasteiger partial charge on any atom is 0.259 e. The van der Waals surface area contributed by atoms with Gasteiger partial charge in [0.1, 0.15) is 10.6 Å². The Morgan fingerprint density at radius 3 is 2.88 bits per heavy atom. The van der Waals surface area contributed by atoms with E-state index in [0.29, 0.717) is 12.2 Å². The van der Waals surface area contributed by atoms with Gasteiger partial charge in [0.05, 0.1) is 0 Å². The minimum atomic E-state index is -0.382. The van der Waals surface area contributed by atoms with Gasteiger partial charge in [0, 0.05) is 24.5 Å². The number of aromatic amines is 1. The van der Waals surface area contributed by atoms with E-state index in [1.54, 1.807) is 11.8 Å². The second-order valence-electron chi connectivity index (χ2n) is 4.46. The maximum atomic E-state index is 12.2. The van der Waals surface area contributed by atoms with Crippen LogP contribution >= 0.6 is 11.6 Å². The molecule has 1 amide bonds. The first-order chi connectivity index (χ1) is 8.02. The average molecular weight is 255 g/mol. The lowest BCUT2D eigenvalue weighted by molar-refractivity contribution is 0.0746. The average Bonchev–Trinajstić information content (AvgIpc) is 2.72. The molecule has 5 heteroatoms. The zero-order valence-corrected chi connectivity index (χ0v) is 10.7. The van der Waals surface area contributed by atoms with Crippen LogP contribution in [0.1, 0.15) is 35.8 Å². The summed E-state index contributed by atoms with van der Waals surface area (Å²) in [5, 5.41) is 0.0997. The van der Waals surface area contributed by atoms with Gasteiger partial charge < -0.3 is 9.88 Å². The number of halogens is 1. The second kappa shape index (κ2) is 4.53. The number of H-pyrrole nitrogens is 1. The number of pyridine rings is 1. The van der Waals surface area contributed by atoms with E-state index in [0.717, 1.165) is 12.8 Å². The summed E-state index contributed by atoms with van der Waals surface area (Å²) in [6.45, 7) is 4.41. The first-order valence-electron chi connectivity index (χ1n) is 5.71. The number of aryl methyl sites for hydroxylation is 1. The molecular formula is C12H15ClN2O2. The van der Waals surface area contributed by atoms with Crippen LogP contribution in [-0.4, -0.2) is 28.4 Å². The van der Waals surface area contributed by atoms with Gasteiger partial charge >= 0.3 is 0 Å². The van der Waals surface area contributed by atoms with Crippen molar-refractivity contribution in [3.8, 4) is 0 Å². The van der Waals surface area contributed by atoms with E-state index in [-0.39, 0.29) is 28.0 Å². The number of hydrogen-bond acceptors (Lipinski definition) is 2. The molecule has 0 aromatic carbocycles. The van der Waals surface area contributed by atoms with E-state index in [1.165, 1.54) is 6.20 Å². The summed E-state index contributed by atoms with van der Waals surface area (Å²) >= 11 is 5.86. The molecule has 1 saturated heterocycles. The molecule has 1 aliphatic heterocycles. The molecule has 0 aliphatic carbocycles. The largest absolute Gasteiger partial charge is 0.363 e. The van der Waals surface area contributed by atoms with Crippen LogP contribution in [0.15, 0.2) is 11.0 Å². The molecule has 17 heavy (non-hydrogen) atoms. The number of carbonyl (C=O) groups is 1. The minimum Gasteiger partial charge on any atom is -0.363 e. The highest BCUT2D eigenvalue weighted by Crippen LogP contribution is 2.19. The van der Waals surface area contributed by atoms with Crippen LogP contribution in [-0.2, 0) is 0 Å². The van der Waals surface area contributed by atoms with Crippen molar-refractivity contribution in [2.45, 2.75) is 32.7 Å². The van der Waals surface area contributed by atoms with Crippen molar-refractivity contribution >= 4 is 17.5 Å². The molecule has 0 radical (unpaired) electrons. The molecule has 1 aromatic heterocycles. The van der Waals surface area contributed by atoms with Crippen molar-refractivity contribution in [3.05, 3.63) is 32.7 Å². The first-order valence-corrected chi connectivity index (χ1v) is 6.09. The number of carbonyl (C=O) groups excluding carboxylic acids is 1. The molecule has 0 bridgehead atoms. The quantitative estimate of drug-likeness (QED) is 0.833. The van der Waals surface area contributed by atoms with Crippen LogP contribution in [0.25, 0.3) is 0 Å². The molecule has 0 saturated carbocycles. The Kier molecular flexibility index (Phi) is 3.24. The number of nitrogens with zero attached hydrogens (tertiary/aromatic N) is 1. The van der Waals surface area contributed by atoms with Crippen LogP contribution in [0.5, 0.6) is 0 Å². The number of amides is 1. The van der Waals surface area contributed by atoms with Gasteiger partial charge in [-0.1, -0.05) is 11.6 Å². The van der Waals surface area contributed by atoms with Crippen LogP contribution in [0, 0.1) is 6.92 Å². The van der Waals surface area contributed by atoms with E-state index in [1.807, 2.05) is 6.92 Å². The van der Waals surface area contributed by atoms with Crippen LogP contribution in [0.2, 0.25) is 5.02 Å². The fourth-order valence-corrected chi connectivity index (χ4v) is 2.30. The van der Waals surface area contributed by atoms with Crippen molar-refractivity contribution < 1.29 is 4.79 Å². The second-order valence-corrected chi connectivity index (χ2v) is 4.84. The number of likely N-dealkylation sites (tertiary alicyclic amines) is 1. The van der Waals surface area contributed by atoms with Gasteiger partial charge in [-0.05, 0) is 26.7 Å². The fourth-order valence-electron chi connectivity index (χ4n) is 2.15. The van der Waals surface area contributed by atoms with Gasteiger partial charge in [0.15, 0.2) is 0 Å². The highest BCUT2D eigenvalue weighted by Gasteiger charge is 2.28. The van der Waals surface area contributed by atoms with Gasteiger partial charge in [-0.25, -0.2) is 0 Å². The summed E-state index contributed by atoms with van der Waals surface area (Å²) in [6, 6.07) is 0.196. The van der Waals surface area contributed by atoms with Crippen molar-refractivity contribution in [2.24, 2.45) is 0 Å². The molecule has 1 fully saturated rings. The summed E-state index contributed by atoms with van der Waals surface area (Å²) in [5.41, 5.74) is 0.337. The van der Waals surface area contributed by atoms with Crippen molar-refractivity contribution in [1.82, 2.24) is 9.88 Å². The summed E-state index contributed by atoms with van der Waals surface area (Å²) in [5.74, 6) is -0.224. The molecule has 4 nitrogen and oxygen atoms in total. The normalized spacial score (nSPS) is 19.7. The van der Waals surface area contributed by atoms with E-state index in [4.69, 9.17) is 11.6 Å². The van der Waals surface area contributed by atoms with E-state index >= 15 is 0 Å². The minimum absolute atomic E-state index is 0.0997. The molecule has 0 spiro atoms. The Bertz CT molecular complexity index is 510. The van der Waals surface area contributed by atoms with E-state index in [2.05, 4.69) is 4.98 Å². The Morgan fingerprint density at radius 2 is 2.29 bits per heavy atom. The zero-order valence-electron chi connectivity index (χ0n) is 9.92. The SMILES string of the molecule is Cc1[nH]cc(C(=O)N2CCC[C@@H]2C)c(=O)c1Cl. The van der Waals surface area contributed by atoms with Crippen LogP contribution in [0.3, 0.4) is 0 Å². The predicted molar refractivity (Wildman–Crippen MR) is 66.5 cm³/mol. The maximum absolute atomic E-state index is 12.2. The van der Waals surface area contributed by atoms with Crippen LogP contribution < -0.4 is 5.43 Å². The van der Waals surface area contributed by atoms with Crippen molar-refractivity contribution in [3.63, 3.8) is 0 Å². The van der Waals surface area contributed by atoms with Crippen molar-refractivity contribution in [1.29, 1.82) is 0 Å². The van der Waals surface area contributed by atoms with Gasteiger partial charge in [-0.15, -0.1) is 0 Å². The smallest absolute Gasteiger partial charge is 0.259 e. The number of nitrogens with one attached hydrogen (secondary N) is 1. The lowest BCUT2D eigenvalue weighted by Crippen LogP contribution is -2.36. The lowest BCUT2D eigenvalue weighted by atomic mass is 10.2. The van der Waals surface area contributed by atoms with E-state index in [9.17, 15) is 9.59 Å². The Balaban J connectivity index is 2.38. The number of aromatic nitrogens is 1. The standard InChI is InChI=1S/C12H15ClN2O2/c1-7-4-3-5-15(7)12(17)9-6-14-8(2)10(13)11(9)16/h6-7H,3-5H2,1-2H3,(H,14,16)/t7-/m0/s1. The van der Waals surface area contributed by atoms with Crippen LogP contribution in [0.4, 0.5) is 0 Å². The molecule has 2 heterocycles. The molecule has 1 aliphatic rings. The Labute approximate surface area is 105 Å². The zero-order chi connectivity index (χ0) is 12.6. The van der Waals surface area contributed by atoms with Crippen molar-refractivity contribution in [2.75, 3.05) is 6.54 Å².